The number of rotatable bonds is 8. The molecular weight excluding hydrogens is 356 g/mol. The van der Waals surface area contributed by atoms with Crippen molar-refractivity contribution in [2.45, 2.75) is 45.3 Å². The first-order valence-corrected chi connectivity index (χ1v) is 10.3. The Hall–Kier alpha value is -2.47. The average molecular weight is 381 g/mol. The molecule has 0 saturated heterocycles. The van der Waals surface area contributed by atoms with Crippen LogP contribution in [0.4, 0.5) is 0 Å². The Labute approximate surface area is 164 Å². The Bertz CT molecular complexity index is 921. The van der Waals surface area contributed by atoms with Crippen LogP contribution in [0.5, 0.6) is 0 Å². The van der Waals surface area contributed by atoms with Crippen LogP contribution >= 0.6 is 11.8 Å². The Balaban J connectivity index is 1.79. The van der Waals surface area contributed by atoms with Gasteiger partial charge < -0.3 is 4.57 Å². The van der Waals surface area contributed by atoms with Crippen LogP contribution in [-0.2, 0) is 19.4 Å². The van der Waals surface area contributed by atoms with Crippen LogP contribution in [0.15, 0.2) is 47.9 Å². The summed E-state index contributed by atoms with van der Waals surface area (Å²) in [5.74, 6) is 1.30. The third kappa shape index (κ3) is 4.27. The SMILES string of the molecule is CCc1ccc(CC)c(C(=O)CSc2nnc(-c3ccncc3)n2CC)c1. The molecule has 0 atom stereocenters. The summed E-state index contributed by atoms with van der Waals surface area (Å²) in [5.41, 5.74) is 4.10. The quantitative estimate of drug-likeness (QED) is 0.426. The van der Waals surface area contributed by atoms with Gasteiger partial charge in [0, 0.05) is 30.1 Å². The Morgan fingerprint density at radius 3 is 2.48 bits per heavy atom. The van der Waals surface area contributed by atoms with Gasteiger partial charge in [0.25, 0.3) is 0 Å². The number of benzene rings is 1. The van der Waals surface area contributed by atoms with Crippen molar-refractivity contribution in [3.8, 4) is 11.4 Å². The van der Waals surface area contributed by atoms with Crippen molar-refractivity contribution in [1.82, 2.24) is 19.7 Å². The highest BCUT2D eigenvalue weighted by molar-refractivity contribution is 7.99. The van der Waals surface area contributed by atoms with Gasteiger partial charge in [-0.25, -0.2) is 0 Å². The number of Topliss-reactive ketones (excluding diaryl/α,β-unsaturated/α-hetero) is 1. The lowest BCUT2D eigenvalue weighted by atomic mass is 9.98. The van der Waals surface area contributed by atoms with E-state index in [2.05, 4.69) is 48.1 Å². The van der Waals surface area contributed by atoms with E-state index < -0.39 is 0 Å². The fourth-order valence-corrected chi connectivity index (χ4v) is 3.90. The number of pyridine rings is 1. The summed E-state index contributed by atoms with van der Waals surface area (Å²) >= 11 is 1.45. The molecule has 0 saturated carbocycles. The van der Waals surface area contributed by atoms with Crippen LogP contribution < -0.4 is 0 Å². The van der Waals surface area contributed by atoms with Gasteiger partial charge in [-0.05, 0) is 49.1 Å². The van der Waals surface area contributed by atoms with E-state index in [-0.39, 0.29) is 5.78 Å². The average Bonchev–Trinajstić information content (AvgIpc) is 3.15. The number of hydrogen-bond acceptors (Lipinski definition) is 5. The second-order valence-corrected chi connectivity index (χ2v) is 7.14. The van der Waals surface area contributed by atoms with Gasteiger partial charge in [0.1, 0.15) is 0 Å². The molecule has 27 heavy (non-hydrogen) atoms. The number of hydrogen-bond donors (Lipinski definition) is 0. The molecule has 0 aliphatic carbocycles. The van der Waals surface area contributed by atoms with Crippen molar-refractivity contribution in [3.63, 3.8) is 0 Å². The van der Waals surface area contributed by atoms with Gasteiger partial charge in [0.15, 0.2) is 16.8 Å². The van der Waals surface area contributed by atoms with E-state index in [1.54, 1.807) is 12.4 Å². The molecule has 0 radical (unpaired) electrons. The molecule has 1 aromatic carbocycles. The number of aromatic nitrogens is 4. The second-order valence-electron chi connectivity index (χ2n) is 6.20. The summed E-state index contributed by atoms with van der Waals surface area (Å²) in [7, 11) is 0. The molecule has 0 unspecified atom stereocenters. The minimum absolute atomic E-state index is 0.142. The first-order valence-electron chi connectivity index (χ1n) is 9.29. The first kappa shape index (κ1) is 19.3. The second kappa shape index (κ2) is 8.95. The summed E-state index contributed by atoms with van der Waals surface area (Å²) in [6.07, 6.45) is 5.27. The maximum absolute atomic E-state index is 12.9. The van der Waals surface area contributed by atoms with Crippen LogP contribution in [-0.4, -0.2) is 31.3 Å². The maximum Gasteiger partial charge on any atom is 0.191 e. The summed E-state index contributed by atoms with van der Waals surface area (Å²) < 4.78 is 2.04. The monoisotopic (exact) mass is 380 g/mol. The number of carbonyl (C=O) groups excluding carboxylic acids is 1. The Morgan fingerprint density at radius 1 is 1.04 bits per heavy atom. The van der Waals surface area contributed by atoms with E-state index in [9.17, 15) is 4.79 Å². The van der Waals surface area contributed by atoms with E-state index >= 15 is 0 Å². The zero-order chi connectivity index (χ0) is 19.2. The molecule has 2 aromatic heterocycles. The molecule has 5 nitrogen and oxygen atoms in total. The van der Waals surface area contributed by atoms with Crippen molar-refractivity contribution in [2.75, 3.05) is 5.75 Å². The van der Waals surface area contributed by atoms with E-state index in [1.165, 1.54) is 17.3 Å². The van der Waals surface area contributed by atoms with Crippen molar-refractivity contribution in [3.05, 3.63) is 59.4 Å². The highest BCUT2D eigenvalue weighted by Gasteiger charge is 2.16. The fraction of sp³-hybridized carbons (Fsp3) is 0.333. The van der Waals surface area contributed by atoms with Crippen molar-refractivity contribution < 1.29 is 4.79 Å². The predicted molar refractivity (Wildman–Crippen MR) is 109 cm³/mol. The van der Waals surface area contributed by atoms with Crippen LogP contribution in [0.25, 0.3) is 11.4 Å². The molecule has 0 fully saturated rings. The molecule has 0 spiro atoms. The number of thioether (sulfide) groups is 1. The van der Waals surface area contributed by atoms with Crippen molar-refractivity contribution >= 4 is 17.5 Å². The highest BCUT2D eigenvalue weighted by Crippen LogP contribution is 2.25. The van der Waals surface area contributed by atoms with E-state index in [0.717, 1.165) is 47.1 Å². The van der Waals surface area contributed by atoms with E-state index in [4.69, 9.17) is 0 Å². The topological polar surface area (TPSA) is 60.7 Å². The molecule has 0 aliphatic heterocycles. The molecule has 0 bridgehead atoms. The van der Waals surface area contributed by atoms with Gasteiger partial charge >= 0.3 is 0 Å². The lowest BCUT2D eigenvalue weighted by Crippen LogP contribution is -2.08. The maximum atomic E-state index is 12.9. The standard InChI is InChI=1S/C21H24N4OS/c1-4-15-7-8-16(5-2)18(13-15)19(26)14-27-21-24-23-20(25(21)6-3)17-9-11-22-12-10-17/h7-13H,4-6,14H2,1-3H3. The van der Waals surface area contributed by atoms with Crippen molar-refractivity contribution in [2.24, 2.45) is 0 Å². The van der Waals surface area contributed by atoms with E-state index in [0.29, 0.717) is 5.75 Å². The Morgan fingerprint density at radius 2 is 1.81 bits per heavy atom. The largest absolute Gasteiger partial charge is 0.302 e. The predicted octanol–water partition coefficient (Wildman–Crippen LogP) is 4.46. The normalized spacial score (nSPS) is 10.9. The van der Waals surface area contributed by atoms with Crippen molar-refractivity contribution in [1.29, 1.82) is 0 Å². The van der Waals surface area contributed by atoms with Crippen LogP contribution in [0.3, 0.4) is 0 Å². The third-order valence-corrected chi connectivity index (χ3v) is 5.53. The molecule has 3 aromatic rings. The van der Waals surface area contributed by atoms with Gasteiger partial charge in [-0.2, -0.15) is 0 Å². The molecule has 0 N–H and O–H groups in total. The lowest BCUT2D eigenvalue weighted by molar-refractivity contribution is 0.102. The molecule has 0 amide bonds. The zero-order valence-electron chi connectivity index (χ0n) is 16.0. The van der Waals surface area contributed by atoms with Crippen LogP contribution in [0.2, 0.25) is 0 Å². The minimum atomic E-state index is 0.142. The summed E-state index contributed by atoms with van der Waals surface area (Å²) in [5, 5.41) is 9.40. The Kier molecular flexibility index (Phi) is 6.40. The first-order chi connectivity index (χ1) is 13.2. The summed E-state index contributed by atoms with van der Waals surface area (Å²) in [4.78, 5) is 16.9. The minimum Gasteiger partial charge on any atom is -0.302 e. The van der Waals surface area contributed by atoms with Gasteiger partial charge in [-0.3, -0.25) is 9.78 Å². The number of ketones is 1. The molecular formula is C21H24N4OS. The summed E-state index contributed by atoms with van der Waals surface area (Å²) in [6.45, 7) is 6.99. The highest BCUT2D eigenvalue weighted by atomic mass is 32.2. The van der Waals surface area contributed by atoms with E-state index in [1.807, 2.05) is 22.8 Å². The molecule has 6 heteroatoms. The molecule has 3 rings (SSSR count). The van der Waals surface area contributed by atoms with Gasteiger partial charge in [0.2, 0.25) is 0 Å². The third-order valence-electron chi connectivity index (χ3n) is 4.57. The fourth-order valence-electron chi connectivity index (χ4n) is 3.01. The lowest BCUT2D eigenvalue weighted by Gasteiger charge is -2.10. The number of nitrogens with zero attached hydrogens (tertiary/aromatic N) is 4. The number of carbonyl (C=O) groups is 1. The smallest absolute Gasteiger partial charge is 0.191 e. The van der Waals surface area contributed by atoms with Gasteiger partial charge in [-0.1, -0.05) is 37.7 Å². The molecule has 140 valence electrons. The van der Waals surface area contributed by atoms with Gasteiger partial charge in [0.05, 0.1) is 5.75 Å². The summed E-state index contributed by atoms with van der Waals surface area (Å²) in [6, 6.07) is 10.1. The molecule has 2 heterocycles. The molecule has 0 aliphatic rings. The van der Waals surface area contributed by atoms with Crippen LogP contribution in [0.1, 0.15) is 42.3 Å². The zero-order valence-corrected chi connectivity index (χ0v) is 16.8. The van der Waals surface area contributed by atoms with Crippen LogP contribution in [0, 0.1) is 0 Å². The van der Waals surface area contributed by atoms with Gasteiger partial charge in [-0.15, -0.1) is 10.2 Å². The number of aryl methyl sites for hydroxylation is 2.